The lowest BCUT2D eigenvalue weighted by atomic mass is 10.1. The zero-order valence-electron chi connectivity index (χ0n) is 7.72. The summed E-state index contributed by atoms with van der Waals surface area (Å²) in [6.45, 7) is 7.80. The highest BCUT2D eigenvalue weighted by Crippen LogP contribution is 2.07. The van der Waals surface area contributed by atoms with Crippen molar-refractivity contribution in [2.75, 3.05) is 26.3 Å². The molecule has 70 valence electrons. The van der Waals surface area contributed by atoms with Crippen LogP contribution in [0.1, 0.15) is 19.3 Å². The molecule has 0 radical (unpaired) electrons. The molecular formula is C10H19NO. The van der Waals surface area contributed by atoms with E-state index in [4.69, 9.17) is 4.74 Å². The van der Waals surface area contributed by atoms with E-state index in [1.165, 1.54) is 13.0 Å². The molecule has 1 aliphatic rings. The van der Waals surface area contributed by atoms with Gasteiger partial charge in [0.25, 0.3) is 0 Å². The first-order valence-electron chi connectivity index (χ1n) is 4.83. The van der Waals surface area contributed by atoms with Gasteiger partial charge in [-0.1, -0.05) is 6.08 Å². The van der Waals surface area contributed by atoms with Crippen LogP contribution in [-0.2, 0) is 4.74 Å². The van der Waals surface area contributed by atoms with Gasteiger partial charge in [0, 0.05) is 13.2 Å². The van der Waals surface area contributed by atoms with Gasteiger partial charge in [-0.3, -0.25) is 0 Å². The molecule has 1 heterocycles. The monoisotopic (exact) mass is 169 g/mol. The van der Waals surface area contributed by atoms with Gasteiger partial charge < -0.3 is 10.1 Å². The summed E-state index contributed by atoms with van der Waals surface area (Å²) >= 11 is 0. The molecule has 0 aliphatic carbocycles. The molecule has 2 heteroatoms. The maximum Gasteiger partial charge on any atom is 0.0506 e. The Morgan fingerprint density at radius 2 is 2.50 bits per heavy atom. The molecule has 0 amide bonds. The Morgan fingerprint density at radius 1 is 1.58 bits per heavy atom. The lowest BCUT2D eigenvalue weighted by Gasteiger charge is -2.08. The Hall–Kier alpha value is -0.340. The number of nitrogens with one attached hydrogen (secondary N) is 1. The molecule has 0 aromatic rings. The van der Waals surface area contributed by atoms with Crippen molar-refractivity contribution >= 4 is 0 Å². The van der Waals surface area contributed by atoms with Crippen LogP contribution >= 0.6 is 0 Å². The minimum atomic E-state index is 0.758. The zero-order valence-corrected chi connectivity index (χ0v) is 7.72. The highest BCUT2D eigenvalue weighted by Gasteiger charge is 2.13. The molecule has 1 rings (SSSR count). The average molecular weight is 169 g/mol. The third-order valence-corrected chi connectivity index (χ3v) is 2.21. The Bertz CT molecular complexity index is 119. The SMILES string of the molecule is C=CCCCOC[C@H]1CCNC1. The fourth-order valence-corrected chi connectivity index (χ4v) is 1.44. The van der Waals surface area contributed by atoms with Gasteiger partial charge in [0.1, 0.15) is 0 Å². The van der Waals surface area contributed by atoms with Crippen LogP contribution in [-0.4, -0.2) is 26.3 Å². The lowest BCUT2D eigenvalue weighted by Crippen LogP contribution is -2.14. The van der Waals surface area contributed by atoms with E-state index in [2.05, 4.69) is 11.9 Å². The minimum absolute atomic E-state index is 0.758. The molecule has 1 N–H and O–H groups in total. The number of unbranched alkanes of at least 4 members (excludes halogenated alkanes) is 1. The molecule has 2 nitrogen and oxygen atoms in total. The van der Waals surface area contributed by atoms with Crippen LogP contribution in [0.2, 0.25) is 0 Å². The molecule has 1 fully saturated rings. The second-order valence-corrected chi connectivity index (χ2v) is 3.36. The summed E-state index contributed by atoms with van der Waals surface area (Å²) in [5, 5.41) is 3.33. The smallest absolute Gasteiger partial charge is 0.0506 e. The van der Waals surface area contributed by atoms with Gasteiger partial charge in [-0.05, 0) is 31.7 Å². The maximum absolute atomic E-state index is 5.53. The molecule has 0 bridgehead atoms. The fraction of sp³-hybridized carbons (Fsp3) is 0.800. The molecular weight excluding hydrogens is 150 g/mol. The average Bonchev–Trinajstić information content (AvgIpc) is 2.57. The summed E-state index contributed by atoms with van der Waals surface area (Å²) in [5.74, 6) is 0.758. The molecule has 0 spiro atoms. The van der Waals surface area contributed by atoms with Crippen LogP contribution in [0.15, 0.2) is 12.7 Å². The van der Waals surface area contributed by atoms with E-state index in [9.17, 15) is 0 Å². The summed E-state index contributed by atoms with van der Waals surface area (Å²) in [5.41, 5.74) is 0. The van der Waals surface area contributed by atoms with Gasteiger partial charge >= 0.3 is 0 Å². The van der Waals surface area contributed by atoms with Gasteiger partial charge in [0.05, 0.1) is 6.61 Å². The van der Waals surface area contributed by atoms with Crippen molar-refractivity contribution in [2.24, 2.45) is 5.92 Å². The number of hydrogen-bond donors (Lipinski definition) is 1. The van der Waals surface area contributed by atoms with Crippen LogP contribution in [0.25, 0.3) is 0 Å². The predicted octanol–water partition coefficient (Wildman–Crippen LogP) is 1.58. The van der Waals surface area contributed by atoms with E-state index in [1.54, 1.807) is 0 Å². The molecule has 12 heavy (non-hydrogen) atoms. The Morgan fingerprint density at radius 3 is 3.17 bits per heavy atom. The highest BCUT2D eigenvalue weighted by atomic mass is 16.5. The van der Waals surface area contributed by atoms with Crippen molar-refractivity contribution in [3.63, 3.8) is 0 Å². The van der Waals surface area contributed by atoms with Gasteiger partial charge in [-0.2, -0.15) is 0 Å². The van der Waals surface area contributed by atoms with E-state index in [1.807, 2.05) is 6.08 Å². The van der Waals surface area contributed by atoms with E-state index >= 15 is 0 Å². The van der Waals surface area contributed by atoms with Gasteiger partial charge in [0.15, 0.2) is 0 Å². The van der Waals surface area contributed by atoms with Gasteiger partial charge in [-0.25, -0.2) is 0 Å². The number of ether oxygens (including phenoxy) is 1. The number of allylic oxidation sites excluding steroid dienone is 1. The van der Waals surface area contributed by atoms with Crippen molar-refractivity contribution in [1.29, 1.82) is 0 Å². The van der Waals surface area contributed by atoms with Crippen LogP contribution in [0, 0.1) is 5.92 Å². The predicted molar refractivity (Wildman–Crippen MR) is 51.2 cm³/mol. The summed E-state index contributed by atoms with van der Waals surface area (Å²) in [6.07, 6.45) is 5.41. The Kier molecular flexibility index (Phi) is 5.04. The first-order chi connectivity index (χ1) is 5.93. The standard InChI is InChI=1S/C10H19NO/c1-2-3-4-7-12-9-10-5-6-11-8-10/h2,10-11H,1,3-9H2/t10-/m0/s1. The van der Waals surface area contributed by atoms with Crippen LogP contribution in [0.5, 0.6) is 0 Å². The molecule has 1 atom stereocenters. The topological polar surface area (TPSA) is 21.3 Å². The van der Waals surface area contributed by atoms with E-state index in [-0.39, 0.29) is 0 Å². The minimum Gasteiger partial charge on any atom is -0.381 e. The maximum atomic E-state index is 5.53. The second kappa shape index (κ2) is 6.21. The summed E-state index contributed by atoms with van der Waals surface area (Å²) in [7, 11) is 0. The Labute approximate surface area is 75.0 Å². The van der Waals surface area contributed by atoms with Gasteiger partial charge in [-0.15, -0.1) is 6.58 Å². The third-order valence-electron chi connectivity index (χ3n) is 2.21. The first-order valence-corrected chi connectivity index (χ1v) is 4.83. The van der Waals surface area contributed by atoms with Crippen LogP contribution in [0.3, 0.4) is 0 Å². The molecule has 0 aromatic carbocycles. The van der Waals surface area contributed by atoms with Crippen molar-refractivity contribution in [3.05, 3.63) is 12.7 Å². The molecule has 1 aliphatic heterocycles. The second-order valence-electron chi connectivity index (χ2n) is 3.36. The van der Waals surface area contributed by atoms with Crippen molar-refractivity contribution < 1.29 is 4.74 Å². The summed E-state index contributed by atoms with van der Waals surface area (Å²) < 4.78 is 5.53. The molecule has 0 unspecified atom stereocenters. The summed E-state index contributed by atoms with van der Waals surface area (Å²) in [4.78, 5) is 0. The van der Waals surface area contributed by atoms with Crippen LogP contribution in [0.4, 0.5) is 0 Å². The summed E-state index contributed by atoms with van der Waals surface area (Å²) in [6, 6.07) is 0. The molecule has 1 saturated heterocycles. The molecule has 0 aromatic heterocycles. The van der Waals surface area contributed by atoms with Crippen molar-refractivity contribution in [2.45, 2.75) is 19.3 Å². The van der Waals surface area contributed by atoms with Crippen molar-refractivity contribution in [3.8, 4) is 0 Å². The normalized spacial score (nSPS) is 22.8. The quantitative estimate of drug-likeness (QED) is 0.481. The van der Waals surface area contributed by atoms with Crippen molar-refractivity contribution in [1.82, 2.24) is 5.32 Å². The van der Waals surface area contributed by atoms with E-state index < -0.39 is 0 Å². The highest BCUT2D eigenvalue weighted by molar-refractivity contribution is 4.70. The van der Waals surface area contributed by atoms with E-state index in [0.717, 1.165) is 38.5 Å². The van der Waals surface area contributed by atoms with Gasteiger partial charge in [0.2, 0.25) is 0 Å². The fourth-order valence-electron chi connectivity index (χ4n) is 1.44. The first kappa shape index (κ1) is 9.75. The number of rotatable bonds is 6. The largest absolute Gasteiger partial charge is 0.381 e. The van der Waals surface area contributed by atoms with E-state index in [0.29, 0.717) is 0 Å². The lowest BCUT2D eigenvalue weighted by molar-refractivity contribution is 0.104. The zero-order chi connectivity index (χ0) is 8.65. The molecule has 0 saturated carbocycles. The number of hydrogen-bond acceptors (Lipinski definition) is 2. The Balaban J connectivity index is 1.84. The van der Waals surface area contributed by atoms with Crippen LogP contribution < -0.4 is 5.32 Å². The third kappa shape index (κ3) is 3.88.